The fraction of sp³-hybridized carbons (Fsp3) is 0.350. The molecule has 45 heavy (non-hydrogen) atoms. The van der Waals surface area contributed by atoms with Gasteiger partial charge >= 0.3 is 0 Å². The number of nitrogens with zero attached hydrogens (tertiary/aromatic N) is 4. The van der Waals surface area contributed by atoms with Crippen LogP contribution in [0.3, 0.4) is 0 Å². The highest BCUT2D eigenvalue weighted by molar-refractivity contribution is 8.00. The zero-order valence-electron chi connectivity index (χ0n) is 27.7. The fourth-order valence-corrected chi connectivity index (χ4v) is 7.96. The molecule has 228 valence electrons. The van der Waals surface area contributed by atoms with E-state index in [9.17, 15) is 0 Å². The predicted octanol–water partition coefficient (Wildman–Crippen LogP) is 11.2. The van der Waals surface area contributed by atoms with Crippen LogP contribution in [-0.4, -0.2) is 19.9 Å². The Morgan fingerprint density at radius 3 is 2.07 bits per heavy atom. The number of rotatable bonds is 7. The molecule has 6 aromatic rings. The molecule has 4 aromatic carbocycles. The van der Waals surface area contributed by atoms with Crippen molar-refractivity contribution in [2.45, 2.75) is 89.9 Å². The second-order valence-electron chi connectivity index (χ2n) is 14.2. The van der Waals surface area contributed by atoms with E-state index < -0.39 is 0 Å². The monoisotopic (exact) mass is 610 g/mol. The van der Waals surface area contributed by atoms with Gasteiger partial charge in [0, 0.05) is 44.3 Å². The maximum absolute atomic E-state index is 5.08. The number of pyridine rings is 1. The van der Waals surface area contributed by atoms with Crippen molar-refractivity contribution in [1.82, 2.24) is 19.9 Å². The van der Waals surface area contributed by atoms with Crippen LogP contribution < -0.4 is 0 Å². The summed E-state index contributed by atoms with van der Waals surface area (Å²) >= 11 is 1.93. The lowest BCUT2D eigenvalue weighted by Crippen LogP contribution is -2.08. The highest BCUT2D eigenvalue weighted by atomic mass is 32.2. The maximum atomic E-state index is 5.08. The Morgan fingerprint density at radius 2 is 1.38 bits per heavy atom. The van der Waals surface area contributed by atoms with Gasteiger partial charge in [-0.1, -0.05) is 97.5 Å². The third kappa shape index (κ3) is 5.39. The van der Waals surface area contributed by atoms with Gasteiger partial charge in [-0.05, 0) is 87.0 Å². The average Bonchev–Trinajstić information content (AvgIpc) is 3.00. The number of aromatic nitrogens is 4. The lowest BCUT2D eigenvalue weighted by molar-refractivity contribution is 0.643. The summed E-state index contributed by atoms with van der Waals surface area (Å²) in [6.07, 6.45) is 4.12. The van der Waals surface area contributed by atoms with Crippen LogP contribution in [0.25, 0.3) is 55.0 Å². The van der Waals surface area contributed by atoms with Gasteiger partial charge < -0.3 is 0 Å². The van der Waals surface area contributed by atoms with E-state index in [1.54, 1.807) is 0 Å². The topological polar surface area (TPSA) is 51.6 Å². The van der Waals surface area contributed by atoms with Gasteiger partial charge in [0.05, 0.1) is 5.69 Å². The number of fused-ring (bicyclic) bond motifs is 5. The van der Waals surface area contributed by atoms with Gasteiger partial charge in [-0.25, -0.2) is 15.0 Å². The average molecular weight is 611 g/mol. The summed E-state index contributed by atoms with van der Waals surface area (Å²) in [4.78, 5) is 22.3. The molecule has 1 aliphatic heterocycles. The van der Waals surface area contributed by atoms with Crippen molar-refractivity contribution >= 4 is 44.1 Å². The maximum Gasteiger partial charge on any atom is 0.163 e. The van der Waals surface area contributed by atoms with Gasteiger partial charge in [0.1, 0.15) is 11.6 Å². The Morgan fingerprint density at radius 1 is 0.644 bits per heavy atom. The van der Waals surface area contributed by atoms with Crippen LogP contribution in [0, 0.1) is 11.8 Å². The summed E-state index contributed by atoms with van der Waals surface area (Å²) in [5.74, 6) is 4.08. The van der Waals surface area contributed by atoms with E-state index in [2.05, 4.69) is 110 Å². The molecule has 0 fully saturated rings. The molecule has 0 atom stereocenters. The third-order valence-electron chi connectivity index (χ3n) is 8.77. The molecule has 0 unspecified atom stereocenters. The van der Waals surface area contributed by atoms with Crippen LogP contribution in [0.4, 0.5) is 0 Å². The summed E-state index contributed by atoms with van der Waals surface area (Å²) in [7, 11) is 0. The van der Waals surface area contributed by atoms with Crippen molar-refractivity contribution in [2.75, 3.05) is 0 Å². The smallest absolute Gasteiger partial charge is 0.163 e. The van der Waals surface area contributed by atoms with Gasteiger partial charge in [-0.3, -0.25) is 4.98 Å². The summed E-state index contributed by atoms with van der Waals surface area (Å²) < 4.78 is 0. The van der Waals surface area contributed by atoms with Crippen LogP contribution in [0.15, 0.2) is 70.6 Å². The fourth-order valence-electron chi connectivity index (χ4n) is 6.67. The van der Waals surface area contributed by atoms with Crippen molar-refractivity contribution in [1.29, 1.82) is 0 Å². The zero-order valence-corrected chi connectivity index (χ0v) is 28.5. The van der Waals surface area contributed by atoms with Crippen molar-refractivity contribution in [3.8, 4) is 22.6 Å². The van der Waals surface area contributed by atoms with Crippen molar-refractivity contribution in [3.05, 3.63) is 83.6 Å². The lowest BCUT2D eigenvalue weighted by Gasteiger charge is -2.25. The first-order valence-electron chi connectivity index (χ1n) is 16.5. The van der Waals surface area contributed by atoms with Crippen LogP contribution >= 0.6 is 11.8 Å². The SMILES string of the molecule is CC(C)Cc1ccc2c(CC(C)C)c3c(cc2c1)-c1nccc2c1c(cc1ccc(-c4nc(C(C)C)nc(C(C)C)n4)cc12)S3. The Kier molecular flexibility index (Phi) is 7.64. The molecule has 0 N–H and O–H groups in total. The van der Waals surface area contributed by atoms with Gasteiger partial charge in [-0.15, -0.1) is 0 Å². The second-order valence-corrected chi connectivity index (χ2v) is 15.2. The highest BCUT2D eigenvalue weighted by Gasteiger charge is 2.26. The van der Waals surface area contributed by atoms with Crippen molar-refractivity contribution in [3.63, 3.8) is 0 Å². The first-order valence-corrected chi connectivity index (χ1v) is 17.3. The Labute approximate surface area is 271 Å². The van der Waals surface area contributed by atoms with E-state index >= 15 is 0 Å². The van der Waals surface area contributed by atoms with Gasteiger partial charge in [0.25, 0.3) is 0 Å². The Hall–Kier alpha value is -3.83. The number of hydrogen-bond acceptors (Lipinski definition) is 5. The van der Waals surface area contributed by atoms with E-state index in [0.717, 1.165) is 41.6 Å². The normalized spacial score (nSPS) is 12.9. The molecule has 0 aliphatic carbocycles. The van der Waals surface area contributed by atoms with E-state index in [-0.39, 0.29) is 11.8 Å². The molecule has 3 heterocycles. The minimum absolute atomic E-state index is 0.231. The quantitative estimate of drug-likeness (QED) is 0.168. The van der Waals surface area contributed by atoms with E-state index in [4.69, 9.17) is 19.9 Å². The molecule has 4 nitrogen and oxygen atoms in total. The van der Waals surface area contributed by atoms with Crippen LogP contribution in [0.5, 0.6) is 0 Å². The van der Waals surface area contributed by atoms with Crippen molar-refractivity contribution in [2.24, 2.45) is 11.8 Å². The molecule has 1 aliphatic rings. The van der Waals surface area contributed by atoms with Crippen molar-refractivity contribution < 1.29 is 0 Å². The number of hydrogen-bond donors (Lipinski definition) is 0. The molecule has 0 bridgehead atoms. The Balaban J connectivity index is 1.46. The molecule has 0 saturated carbocycles. The van der Waals surface area contributed by atoms with Gasteiger partial charge in [-0.2, -0.15) is 0 Å². The molecular weight excluding hydrogens is 569 g/mol. The molecule has 0 radical (unpaired) electrons. The summed E-state index contributed by atoms with van der Waals surface area (Å²) in [5, 5.41) is 7.61. The number of benzene rings is 4. The van der Waals surface area contributed by atoms with Gasteiger partial charge in [0.2, 0.25) is 0 Å². The first kappa shape index (κ1) is 29.9. The lowest BCUT2D eigenvalue weighted by atomic mass is 9.90. The standard InChI is InChI=1S/C40H42N4S/c1-21(2)15-25-9-12-29-28(17-25)19-33-36-35-30(13-14-41-36)31-18-27(40-43-38(23(5)6)42-39(44-40)24(7)8)11-10-26(31)20-34(35)45-37(33)32(29)16-22(3)4/h9-14,17-24H,15-16H2,1-8H3. The van der Waals surface area contributed by atoms with E-state index in [1.807, 2.05) is 18.0 Å². The Bertz CT molecular complexity index is 2080. The molecule has 5 heteroatoms. The zero-order chi connectivity index (χ0) is 31.6. The second kappa shape index (κ2) is 11.5. The van der Waals surface area contributed by atoms with Gasteiger partial charge in [0.15, 0.2) is 5.82 Å². The highest BCUT2D eigenvalue weighted by Crippen LogP contribution is 2.52. The molecule has 7 rings (SSSR count). The summed E-state index contributed by atoms with van der Waals surface area (Å²) in [6, 6.07) is 20.7. The first-order chi connectivity index (χ1) is 21.6. The summed E-state index contributed by atoms with van der Waals surface area (Å²) in [6.45, 7) is 17.8. The van der Waals surface area contributed by atoms with E-state index in [0.29, 0.717) is 11.8 Å². The molecule has 0 saturated heterocycles. The molecule has 2 aromatic heterocycles. The summed E-state index contributed by atoms with van der Waals surface area (Å²) in [5.41, 5.74) is 6.23. The minimum Gasteiger partial charge on any atom is -0.256 e. The van der Waals surface area contributed by atoms with Crippen LogP contribution in [0.2, 0.25) is 0 Å². The molecular formula is C40H42N4S. The molecule has 0 spiro atoms. The minimum atomic E-state index is 0.231. The van der Waals surface area contributed by atoms with E-state index in [1.165, 1.54) is 58.8 Å². The van der Waals surface area contributed by atoms with Crippen LogP contribution in [-0.2, 0) is 12.8 Å². The van der Waals surface area contributed by atoms with Crippen LogP contribution in [0.1, 0.15) is 90.0 Å². The largest absolute Gasteiger partial charge is 0.256 e. The predicted molar refractivity (Wildman–Crippen MR) is 190 cm³/mol. The third-order valence-corrected chi connectivity index (χ3v) is 9.98. The molecule has 0 amide bonds.